The maximum absolute atomic E-state index is 11.7. The lowest BCUT2D eigenvalue weighted by molar-refractivity contribution is -0.150. The molecule has 0 bridgehead atoms. The molecule has 0 aliphatic carbocycles. The molecule has 5 nitrogen and oxygen atoms in total. The number of nitrogens with zero attached hydrogens (tertiary/aromatic N) is 1. The molecule has 0 aromatic rings. The Bertz CT molecular complexity index is 255. The van der Waals surface area contributed by atoms with Gasteiger partial charge in [0.1, 0.15) is 0 Å². The highest BCUT2D eigenvalue weighted by molar-refractivity contribution is 6.01. The maximum atomic E-state index is 11.7. The third-order valence-electron chi connectivity index (χ3n) is 2.54. The van der Waals surface area contributed by atoms with Gasteiger partial charge in [-0.05, 0) is 19.3 Å². The normalized spacial score (nSPS) is 22.6. The summed E-state index contributed by atoms with van der Waals surface area (Å²) in [5, 5.41) is 0. The van der Waals surface area contributed by atoms with E-state index in [-0.39, 0.29) is 12.5 Å². The molecule has 0 aromatic heterocycles. The van der Waals surface area contributed by atoms with E-state index in [9.17, 15) is 9.59 Å². The predicted molar refractivity (Wildman–Crippen MR) is 55.0 cm³/mol. The minimum atomic E-state index is -1.16. The highest BCUT2D eigenvalue weighted by Gasteiger charge is 2.31. The van der Waals surface area contributed by atoms with Crippen molar-refractivity contribution in [3.05, 3.63) is 0 Å². The van der Waals surface area contributed by atoms with Gasteiger partial charge in [-0.15, -0.1) is 0 Å². The van der Waals surface area contributed by atoms with Crippen molar-refractivity contribution in [2.45, 2.75) is 26.3 Å². The van der Waals surface area contributed by atoms with Crippen LogP contribution in [-0.2, 0) is 14.3 Å². The van der Waals surface area contributed by atoms with Crippen LogP contribution in [-0.4, -0.2) is 42.5 Å². The molecule has 0 radical (unpaired) electrons. The van der Waals surface area contributed by atoms with Gasteiger partial charge in [-0.2, -0.15) is 0 Å². The van der Waals surface area contributed by atoms with Crippen molar-refractivity contribution in [2.75, 3.05) is 19.7 Å². The number of likely N-dealkylation sites (tertiary alicyclic amines) is 1. The van der Waals surface area contributed by atoms with Crippen molar-refractivity contribution in [2.24, 2.45) is 11.7 Å². The lowest BCUT2D eigenvalue weighted by Gasteiger charge is -2.19. The average Bonchev–Trinajstić information content (AvgIpc) is 2.63. The van der Waals surface area contributed by atoms with Gasteiger partial charge in [0.2, 0.25) is 0 Å². The molecule has 1 amide bonds. The molecule has 1 aliphatic rings. The molecule has 1 fully saturated rings. The van der Waals surface area contributed by atoms with Crippen LogP contribution >= 0.6 is 0 Å². The molecule has 0 aromatic carbocycles. The van der Waals surface area contributed by atoms with E-state index in [0.717, 1.165) is 6.42 Å². The van der Waals surface area contributed by atoms with Gasteiger partial charge >= 0.3 is 5.97 Å². The Labute approximate surface area is 89.6 Å². The van der Waals surface area contributed by atoms with Crippen molar-refractivity contribution < 1.29 is 14.3 Å². The smallest absolute Gasteiger partial charge is 0.332 e. The molecule has 0 spiro atoms. The molecular weight excluding hydrogens is 196 g/mol. The number of nitrogens with two attached hydrogens (primary N) is 1. The predicted octanol–water partition coefficient (Wildman–Crippen LogP) is -0.255. The lowest BCUT2D eigenvalue weighted by Crippen LogP contribution is -2.48. The van der Waals surface area contributed by atoms with Gasteiger partial charge in [0.05, 0.1) is 6.61 Å². The Morgan fingerprint density at radius 1 is 1.60 bits per heavy atom. The van der Waals surface area contributed by atoms with Crippen molar-refractivity contribution in [1.29, 1.82) is 0 Å². The summed E-state index contributed by atoms with van der Waals surface area (Å²) in [5.41, 5.74) is 5.51. The Morgan fingerprint density at radius 3 is 2.73 bits per heavy atom. The van der Waals surface area contributed by atoms with E-state index in [4.69, 9.17) is 10.5 Å². The van der Waals surface area contributed by atoms with E-state index in [1.54, 1.807) is 11.8 Å². The van der Waals surface area contributed by atoms with Gasteiger partial charge in [-0.3, -0.25) is 4.79 Å². The minimum absolute atomic E-state index is 0.246. The summed E-state index contributed by atoms with van der Waals surface area (Å²) in [4.78, 5) is 24.6. The zero-order valence-electron chi connectivity index (χ0n) is 9.23. The summed E-state index contributed by atoms with van der Waals surface area (Å²) in [6.07, 6.45) is 0.973. The highest BCUT2D eigenvalue weighted by Crippen LogP contribution is 2.15. The van der Waals surface area contributed by atoms with Crippen LogP contribution in [0.5, 0.6) is 0 Å². The molecule has 15 heavy (non-hydrogen) atoms. The van der Waals surface area contributed by atoms with Crippen LogP contribution in [0.1, 0.15) is 20.3 Å². The second-order valence-electron chi connectivity index (χ2n) is 3.91. The van der Waals surface area contributed by atoms with E-state index < -0.39 is 12.0 Å². The zero-order chi connectivity index (χ0) is 11.4. The van der Waals surface area contributed by atoms with Crippen molar-refractivity contribution in [3.8, 4) is 0 Å². The molecule has 1 heterocycles. The van der Waals surface area contributed by atoms with Crippen LogP contribution in [0.25, 0.3) is 0 Å². The third-order valence-corrected chi connectivity index (χ3v) is 2.54. The summed E-state index contributed by atoms with van der Waals surface area (Å²) in [5.74, 6) is -0.469. The Morgan fingerprint density at radius 2 is 2.27 bits per heavy atom. The van der Waals surface area contributed by atoms with Crippen LogP contribution in [0.15, 0.2) is 0 Å². The first-order valence-electron chi connectivity index (χ1n) is 5.27. The highest BCUT2D eigenvalue weighted by atomic mass is 16.5. The second-order valence-corrected chi connectivity index (χ2v) is 3.91. The van der Waals surface area contributed by atoms with Gasteiger partial charge in [-0.1, -0.05) is 6.92 Å². The molecule has 5 heteroatoms. The fraction of sp³-hybridized carbons (Fsp3) is 0.800. The second kappa shape index (κ2) is 5.11. The summed E-state index contributed by atoms with van der Waals surface area (Å²) in [6.45, 7) is 5.38. The van der Waals surface area contributed by atoms with Crippen molar-refractivity contribution >= 4 is 11.9 Å². The van der Waals surface area contributed by atoms with Crippen LogP contribution in [0.4, 0.5) is 0 Å². The number of hydrogen-bond donors (Lipinski definition) is 1. The standard InChI is InChI=1S/C10H18N2O3/c1-3-15-10(14)8(11)9(13)12-5-4-7(2)6-12/h7-8H,3-6,11H2,1-2H3. The maximum Gasteiger partial charge on any atom is 0.332 e. The van der Waals surface area contributed by atoms with E-state index in [2.05, 4.69) is 6.92 Å². The number of carbonyl (C=O) groups is 2. The molecule has 1 aliphatic heterocycles. The molecule has 1 rings (SSSR count). The number of carbonyl (C=O) groups excluding carboxylic acids is 2. The first-order valence-corrected chi connectivity index (χ1v) is 5.27. The monoisotopic (exact) mass is 214 g/mol. The zero-order valence-corrected chi connectivity index (χ0v) is 9.23. The fourth-order valence-corrected chi connectivity index (χ4v) is 1.66. The largest absolute Gasteiger partial charge is 0.464 e. The number of esters is 1. The Kier molecular flexibility index (Phi) is 4.08. The fourth-order valence-electron chi connectivity index (χ4n) is 1.66. The lowest BCUT2D eigenvalue weighted by atomic mass is 10.2. The molecule has 2 atom stereocenters. The Balaban J connectivity index is 2.49. The van der Waals surface area contributed by atoms with E-state index >= 15 is 0 Å². The topological polar surface area (TPSA) is 72.6 Å². The minimum Gasteiger partial charge on any atom is -0.464 e. The number of hydrogen-bond acceptors (Lipinski definition) is 4. The van der Waals surface area contributed by atoms with Crippen LogP contribution < -0.4 is 5.73 Å². The number of ether oxygens (including phenoxy) is 1. The van der Waals surface area contributed by atoms with E-state index in [1.165, 1.54) is 0 Å². The van der Waals surface area contributed by atoms with E-state index in [1.807, 2.05) is 0 Å². The number of amides is 1. The summed E-state index contributed by atoms with van der Waals surface area (Å²) >= 11 is 0. The molecule has 1 saturated heterocycles. The van der Waals surface area contributed by atoms with Gasteiger partial charge in [-0.25, -0.2) is 4.79 Å². The third kappa shape index (κ3) is 2.92. The van der Waals surface area contributed by atoms with Crippen molar-refractivity contribution in [3.63, 3.8) is 0 Å². The molecule has 2 unspecified atom stereocenters. The average molecular weight is 214 g/mol. The first-order chi connectivity index (χ1) is 7.06. The van der Waals surface area contributed by atoms with Gasteiger partial charge < -0.3 is 15.4 Å². The summed E-state index contributed by atoms with van der Waals surface area (Å²) in [6, 6.07) is -1.16. The quantitative estimate of drug-likeness (QED) is 0.519. The van der Waals surface area contributed by atoms with E-state index in [0.29, 0.717) is 19.0 Å². The SMILES string of the molecule is CCOC(=O)C(N)C(=O)N1CCC(C)C1. The van der Waals surface area contributed by atoms with Crippen LogP contribution in [0.2, 0.25) is 0 Å². The first kappa shape index (κ1) is 12.0. The van der Waals surface area contributed by atoms with Crippen LogP contribution in [0, 0.1) is 5.92 Å². The molecular formula is C10H18N2O3. The van der Waals surface area contributed by atoms with Crippen molar-refractivity contribution in [1.82, 2.24) is 4.90 Å². The summed E-state index contributed by atoms with van der Waals surface area (Å²) in [7, 11) is 0. The molecule has 0 saturated carbocycles. The molecule has 2 N–H and O–H groups in total. The summed E-state index contributed by atoms with van der Waals surface area (Å²) < 4.78 is 4.70. The molecule has 86 valence electrons. The van der Waals surface area contributed by atoms with Gasteiger partial charge in [0, 0.05) is 13.1 Å². The van der Waals surface area contributed by atoms with Crippen LogP contribution in [0.3, 0.4) is 0 Å². The van der Waals surface area contributed by atoms with Gasteiger partial charge in [0.25, 0.3) is 5.91 Å². The number of rotatable bonds is 3. The van der Waals surface area contributed by atoms with Gasteiger partial charge in [0.15, 0.2) is 6.04 Å². The Hall–Kier alpha value is -1.10.